The molecule has 5 nitrogen and oxygen atoms in total. The van der Waals surface area contributed by atoms with Crippen LogP contribution in [0.1, 0.15) is 42.6 Å². The van der Waals surface area contributed by atoms with E-state index in [0.29, 0.717) is 25.2 Å². The van der Waals surface area contributed by atoms with Crippen LogP contribution in [0.15, 0.2) is 29.6 Å². The number of piperidine rings is 1. The second kappa shape index (κ2) is 6.08. The average Bonchev–Trinajstić information content (AvgIpc) is 2.99. The zero-order valence-electron chi connectivity index (χ0n) is 13.9. The van der Waals surface area contributed by atoms with E-state index in [1.54, 1.807) is 11.8 Å². The lowest BCUT2D eigenvalue weighted by Gasteiger charge is -2.47. The highest BCUT2D eigenvalue weighted by atomic mass is 32.2. The first kappa shape index (κ1) is 16.0. The van der Waals surface area contributed by atoms with Crippen molar-refractivity contribution in [3.8, 4) is 0 Å². The summed E-state index contributed by atoms with van der Waals surface area (Å²) in [4.78, 5) is 19.6. The molecule has 0 aromatic carbocycles. The summed E-state index contributed by atoms with van der Waals surface area (Å²) in [6.45, 7) is 1.27. The van der Waals surface area contributed by atoms with E-state index in [1.807, 2.05) is 40.0 Å². The number of carbonyl (C=O) groups excluding carboxylic acids is 1. The average molecular weight is 345 g/mol. The summed E-state index contributed by atoms with van der Waals surface area (Å²) in [7, 11) is 0. The van der Waals surface area contributed by atoms with Crippen LogP contribution < -0.4 is 0 Å². The fraction of sp³-hybridized carbons (Fsp3) is 0.556. The first-order valence-electron chi connectivity index (χ1n) is 8.65. The molecular formula is C18H23N3O2S. The van der Waals surface area contributed by atoms with Gasteiger partial charge in [-0.3, -0.25) is 9.20 Å². The molecule has 0 unspecified atom stereocenters. The zero-order valence-corrected chi connectivity index (χ0v) is 14.8. The van der Waals surface area contributed by atoms with Crippen LogP contribution in [0.5, 0.6) is 0 Å². The topological polar surface area (TPSA) is 57.8 Å². The van der Waals surface area contributed by atoms with Gasteiger partial charge in [0, 0.05) is 25.2 Å². The van der Waals surface area contributed by atoms with E-state index >= 15 is 0 Å². The summed E-state index contributed by atoms with van der Waals surface area (Å²) in [6, 6.07) is 5.83. The molecule has 3 heterocycles. The lowest BCUT2D eigenvalue weighted by atomic mass is 9.71. The van der Waals surface area contributed by atoms with Gasteiger partial charge < -0.3 is 10.0 Å². The molecule has 1 N–H and O–H groups in total. The number of carbonyl (C=O) groups is 1. The highest BCUT2D eigenvalue weighted by Gasteiger charge is 2.44. The van der Waals surface area contributed by atoms with Gasteiger partial charge in [-0.05, 0) is 37.7 Å². The molecule has 2 aromatic heterocycles. The molecule has 0 bridgehead atoms. The summed E-state index contributed by atoms with van der Waals surface area (Å²) in [5.74, 6) is 0.199. The molecule has 0 radical (unpaired) electrons. The molecule has 1 amide bonds. The van der Waals surface area contributed by atoms with Gasteiger partial charge in [0.15, 0.2) is 10.9 Å². The normalized spacial score (nSPS) is 27.2. The van der Waals surface area contributed by atoms with Crippen LogP contribution >= 0.6 is 11.8 Å². The van der Waals surface area contributed by atoms with Gasteiger partial charge in [-0.25, -0.2) is 4.98 Å². The molecule has 1 saturated heterocycles. The Morgan fingerprint density at radius 1 is 1.38 bits per heavy atom. The molecule has 6 heteroatoms. The van der Waals surface area contributed by atoms with Crippen molar-refractivity contribution in [2.24, 2.45) is 5.92 Å². The third kappa shape index (κ3) is 2.52. The van der Waals surface area contributed by atoms with Crippen LogP contribution in [0.2, 0.25) is 0 Å². The monoisotopic (exact) mass is 345 g/mol. The molecule has 2 aromatic rings. The van der Waals surface area contributed by atoms with Gasteiger partial charge in [-0.15, -0.1) is 0 Å². The van der Waals surface area contributed by atoms with E-state index < -0.39 is 5.60 Å². The van der Waals surface area contributed by atoms with Crippen LogP contribution in [0.3, 0.4) is 0 Å². The van der Waals surface area contributed by atoms with Gasteiger partial charge in [-0.2, -0.15) is 0 Å². The van der Waals surface area contributed by atoms with E-state index in [-0.39, 0.29) is 11.8 Å². The highest BCUT2D eigenvalue weighted by Crippen LogP contribution is 2.40. The van der Waals surface area contributed by atoms with Crippen molar-refractivity contribution in [3.05, 3.63) is 30.1 Å². The number of fused-ring (bicyclic) bond motifs is 2. The molecule has 1 saturated carbocycles. The van der Waals surface area contributed by atoms with Gasteiger partial charge in [0.05, 0.1) is 11.1 Å². The molecule has 0 spiro atoms. The molecule has 1 aliphatic heterocycles. The van der Waals surface area contributed by atoms with Gasteiger partial charge in [0.2, 0.25) is 0 Å². The minimum atomic E-state index is -0.560. The van der Waals surface area contributed by atoms with Crippen molar-refractivity contribution in [1.29, 1.82) is 0 Å². The third-order valence-corrected chi connectivity index (χ3v) is 6.27. The van der Waals surface area contributed by atoms with E-state index in [1.165, 1.54) is 0 Å². The maximum Gasteiger partial charge on any atom is 0.274 e. The fourth-order valence-corrected chi connectivity index (χ4v) is 4.75. The number of rotatable bonds is 2. The first-order valence-corrected chi connectivity index (χ1v) is 9.87. The van der Waals surface area contributed by atoms with Gasteiger partial charge >= 0.3 is 0 Å². The predicted molar refractivity (Wildman–Crippen MR) is 94.4 cm³/mol. The lowest BCUT2D eigenvalue weighted by molar-refractivity contribution is -0.0886. The van der Waals surface area contributed by atoms with Crippen molar-refractivity contribution in [2.75, 3.05) is 19.3 Å². The van der Waals surface area contributed by atoms with Crippen LogP contribution in [0.4, 0.5) is 0 Å². The molecule has 24 heavy (non-hydrogen) atoms. The molecule has 2 fully saturated rings. The number of aromatic nitrogens is 2. The van der Waals surface area contributed by atoms with E-state index in [9.17, 15) is 9.90 Å². The largest absolute Gasteiger partial charge is 0.389 e. The number of likely N-dealkylation sites (tertiary alicyclic amines) is 1. The zero-order chi connectivity index (χ0) is 16.7. The minimum Gasteiger partial charge on any atom is -0.389 e. The molecular weight excluding hydrogens is 322 g/mol. The van der Waals surface area contributed by atoms with E-state index in [0.717, 1.165) is 36.4 Å². The Morgan fingerprint density at radius 2 is 2.25 bits per heavy atom. The Bertz CT molecular complexity index is 775. The standard InChI is InChI=1S/C18H23N3O2S/c1-24-17-19-15(14-7-3-5-10-21(14)17)16(22)20-11-9-18(23)8-4-2-6-13(18)12-20/h3,5,7,10,13,23H,2,4,6,8-9,11-12H2,1H3/t13-,18+/m1/s1. The van der Waals surface area contributed by atoms with Gasteiger partial charge in [-0.1, -0.05) is 30.7 Å². The number of aliphatic hydroxyl groups is 1. The van der Waals surface area contributed by atoms with Crippen LogP contribution in [-0.4, -0.2) is 50.2 Å². The number of amides is 1. The summed E-state index contributed by atoms with van der Waals surface area (Å²) < 4.78 is 1.97. The Hall–Kier alpha value is -1.53. The maximum absolute atomic E-state index is 13.1. The molecule has 1 aliphatic carbocycles. The molecule has 128 valence electrons. The SMILES string of the molecule is CSc1nc(C(=O)N2CC[C@@]3(O)CCCC[C@@H]3C2)c2ccccn12. The maximum atomic E-state index is 13.1. The van der Waals surface area contributed by atoms with Gasteiger partial charge in [0.25, 0.3) is 5.91 Å². The summed E-state index contributed by atoms with van der Waals surface area (Å²) in [5, 5.41) is 11.6. The van der Waals surface area contributed by atoms with E-state index in [2.05, 4.69) is 4.98 Å². The van der Waals surface area contributed by atoms with Crippen LogP contribution in [0, 0.1) is 5.92 Å². The van der Waals surface area contributed by atoms with Crippen molar-refractivity contribution >= 4 is 23.2 Å². The molecule has 2 aliphatic rings. The minimum absolute atomic E-state index is 0.00776. The van der Waals surface area contributed by atoms with Crippen molar-refractivity contribution in [2.45, 2.75) is 42.9 Å². The van der Waals surface area contributed by atoms with Crippen molar-refractivity contribution in [3.63, 3.8) is 0 Å². The summed E-state index contributed by atoms with van der Waals surface area (Å²) in [6.07, 6.45) is 8.75. The van der Waals surface area contributed by atoms with Crippen LogP contribution in [0.25, 0.3) is 5.52 Å². The Kier molecular flexibility index (Phi) is 4.04. The third-order valence-electron chi connectivity index (χ3n) is 5.62. The summed E-state index contributed by atoms with van der Waals surface area (Å²) >= 11 is 1.54. The number of pyridine rings is 1. The second-order valence-corrected chi connectivity index (χ2v) is 7.72. The quantitative estimate of drug-likeness (QED) is 0.851. The first-order chi connectivity index (χ1) is 11.6. The number of imidazole rings is 1. The summed E-state index contributed by atoms with van der Waals surface area (Å²) in [5.41, 5.74) is 0.827. The second-order valence-electron chi connectivity index (χ2n) is 6.95. The predicted octanol–water partition coefficient (Wildman–Crippen LogP) is 2.82. The number of thioether (sulfide) groups is 1. The molecule has 2 atom stereocenters. The Morgan fingerprint density at radius 3 is 3.08 bits per heavy atom. The number of hydrogen-bond acceptors (Lipinski definition) is 4. The van der Waals surface area contributed by atoms with Crippen molar-refractivity contribution < 1.29 is 9.90 Å². The number of hydrogen-bond donors (Lipinski definition) is 1. The van der Waals surface area contributed by atoms with E-state index in [4.69, 9.17) is 0 Å². The molecule has 4 rings (SSSR count). The van der Waals surface area contributed by atoms with Crippen LogP contribution in [-0.2, 0) is 0 Å². The number of nitrogens with zero attached hydrogens (tertiary/aromatic N) is 3. The van der Waals surface area contributed by atoms with Crippen molar-refractivity contribution in [1.82, 2.24) is 14.3 Å². The highest BCUT2D eigenvalue weighted by molar-refractivity contribution is 7.98. The van der Waals surface area contributed by atoms with Gasteiger partial charge in [0.1, 0.15) is 0 Å². The Balaban J connectivity index is 1.63. The smallest absolute Gasteiger partial charge is 0.274 e. The lowest BCUT2D eigenvalue weighted by Crippen LogP contribution is -2.54. The fourth-order valence-electron chi connectivity index (χ4n) is 4.22. The Labute approximate surface area is 146 Å².